The predicted octanol–water partition coefficient (Wildman–Crippen LogP) is 3.04. The van der Waals surface area contributed by atoms with Crippen LogP contribution >= 0.6 is 11.8 Å². The molecule has 1 N–H and O–H groups in total. The van der Waals surface area contributed by atoms with Gasteiger partial charge in [0.25, 0.3) is 0 Å². The summed E-state index contributed by atoms with van der Waals surface area (Å²) < 4.78 is 0. The molecule has 0 aromatic heterocycles. The summed E-state index contributed by atoms with van der Waals surface area (Å²) in [5.41, 5.74) is 0.661. The molecule has 3 heteroatoms. The highest BCUT2D eigenvalue weighted by atomic mass is 32.2. The van der Waals surface area contributed by atoms with Gasteiger partial charge >= 0.3 is 0 Å². The molecule has 0 amide bonds. The average molecular weight is 238 g/mol. The number of nitrogens with one attached hydrogen (secondary N) is 1. The van der Waals surface area contributed by atoms with Crippen LogP contribution in [0, 0.1) is 11.3 Å². The molecule has 1 unspecified atom stereocenters. The third kappa shape index (κ3) is 2.24. The molecule has 0 spiro atoms. The van der Waals surface area contributed by atoms with Crippen molar-refractivity contribution in [1.82, 2.24) is 5.32 Å². The Morgan fingerprint density at radius 2 is 2.19 bits per heavy atom. The molecular weight excluding hydrogens is 216 g/mol. The lowest BCUT2D eigenvalue weighted by Crippen LogP contribution is -2.37. The maximum Gasteiger partial charge on any atom is 0.156 e. The van der Waals surface area contributed by atoms with E-state index < -0.39 is 0 Å². The number of nitrogens with zero attached hydrogens (tertiary/aromatic N) is 1. The van der Waals surface area contributed by atoms with Crippen LogP contribution in [0.4, 0.5) is 0 Å². The minimum absolute atomic E-state index is 0.661. The van der Waals surface area contributed by atoms with Crippen LogP contribution < -0.4 is 5.32 Å². The molecule has 0 bridgehead atoms. The number of thioether (sulfide) groups is 1. The molecule has 90 valence electrons. The van der Waals surface area contributed by atoms with Gasteiger partial charge < -0.3 is 5.32 Å². The lowest BCUT2D eigenvalue weighted by atomic mass is 10.0. The Labute approximate surface area is 103 Å². The van der Waals surface area contributed by atoms with E-state index in [1.165, 1.54) is 49.4 Å². The van der Waals surface area contributed by atoms with Gasteiger partial charge in [-0.3, -0.25) is 4.99 Å². The SMILES string of the molecule is CCC1CCSC(=NCC2(C3CC3)CC2)N1. The van der Waals surface area contributed by atoms with E-state index in [0.29, 0.717) is 11.5 Å². The number of amidine groups is 1. The molecule has 0 radical (unpaired) electrons. The first-order valence-electron chi connectivity index (χ1n) is 6.76. The van der Waals surface area contributed by atoms with Crippen LogP contribution in [0.3, 0.4) is 0 Å². The van der Waals surface area contributed by atoms with E-state index in [1.54, 1.807) is 0 Å². The number of hydrogen-bond donors (Lipinski definition) is 1. The Hall–Kier alpha value is -0.180. The Morgan fingerprint density at radius 3 is 2.81 bits per heavy atom. The first kappa shape index (κ1) is 10.9. The second kappa shape index (κ2) is 4.25. The van der Waals surface area contributed by atoms with Gasteiger partial charge in [0.15, 0.2) is 5.17 Å². The molecule has 1 aliphatic heterocycles. The van der Waals surface area contributed by atoms with Crippen LogP contribution in [0.2, 0.25) is 0 Å². The van der Waals surface area contributed by atoms with Gasteiger partial charge in [0.2, 0.25) is 0 Å². The van der Waals surface area contributed by atoms with Crippen molar-refractivity contribution in [3.05, 3.63) is 0 Å². The minimum atomic E-state index is 0.661. The highest BCUT2D eigenvalue weighted by Crippen LogP contribution is 2.61. The number of aliphatic imine (C=N–C) groups is 1. The van der Waals surface area contributed by atoms with Crippen LogP contribution in [0.5, 0.6) is 0 Å². The quantitative estimate of drug-likeness (QED) is 0.814. The third-order valence-corrected chi connectivity index (χ3v) is 5.36. The van der Waals surface area contributed by atoms with E-state index in [4.69, 9.17) is 4.99 Å². The van der Waals surface area contributed by atoms with Crippen molar-refractivity contribution in [1.29, 1.82) is 0 Å². The van der Waals surface area contributed by atoms with E-state index in [0.717, 1.165) is 12.5 Å². The molecule has 3 fully saturated rings. The second-order valence-electron chi connectivity index (χ2n) is 5.64. The lowest BCUT2D eigenvalue weighted by molar-refractivity contribution is 0.452. The third-order valence-electron chi connectivity index (χ3n) is 4.40. The summed E-state index contributed by atoms with van der Waals surface area (Å²) in [6, 6.07) is 0.677. The van der Waals surface area contributed by atoms with Gasteiger partial charge in [0, 0.05) is 18.3 Å². The highest BCUT2D eigenvalue weighted by Gasteiger charge is 2.53. The zero-order valence-electron chi connectivity index (χ0n) is 10.2. The molecule has 3 rings (SSSR count). The molecule has 2 nitrogen and oxygen atoms in total. The van der Waals surface area contributed by atoms with Gasteiger partial charge in [-0.1, -0.05) is 18.7 Å². The fourth-order valence-corrected chi connectivity index (χ4v) is 3.77. The predicted molar refractivity (Wildman–Crippen MR) is 71.0 cm³/mol. The monoisotopic (exact) mass is 238 g/mol. The van der Waals surface area contributed by atoms with Crippen LogP contribution in [0.15, 0.2) is 4.99 Å². The fraction of sp³-hybridized carbons (Fsp3) is 0.923. The van der Waals surface area contributed by atoms with E-state index >= 15 is 0 Å². The first-order valence-corrected chi connectivity index (χ1v) is 7.75. The molecule has 2 aliphatic carbocycles. The summed E-state index contributed by atoms with van der Waals surface area (Å²) in [6.07, 6.45) is 8.36. The highest BCUT2D eigenvalue weighted by molar-refractivity contribution is 8.13. The molecule has 16 heavy (non-hydrogen) atoms. The fourth-order valence-electron chi connectivity index (χ4n) is 2.76. The van der Waals surface area contributed by atoms with E-state index in [2.05, 4.69) is 12.2 Å². The molecule has 3 aliphatic rings. The number of hydrogen-bond acceptors (Lipinski definition) is 2. The molecule has 1 atom stereocenters. The normalized spacial score (nSPS) is 34.8. The molecule has 0 aromatic carbocycles. The summed E-state index contributed by atoms with van der Waals surface area (Å²) >= 11 is 1.92. The molecule has 1 saturated heterocycles. The zero-order chi connectivity index (χ0) is 11.0. The van der Waals surface area contributed by atoms with Crippen LogP contribution in [0.25, 0.3) is 0 Å². The van der Waals surface area contributed by atoms with Crippen molar-refractivity contribution in [3.8, 4) is 0 Å². The smallest absolute Gasteiger partial charge is 0.156 e. The molecule has 0 aromatic rings. The van der Waals surface area contributed by atoms with Crippen molar-refractivity contribution < 1.29 is 0 Å². The lowest BCUT2D eigenvalue weighted by Gasteiger charge is -2.24. The maximum absolute atomic E-state index is 4.85. The topological polar surface area (TPSA) is 24.4 Å². The minimum Gasteiger partial charge on any atom is -0.362 e. The van der Waals surface area contributed by atoms with Gasteiger partial charge in [-0.15, -0.1) is 0 Å². The van der Waals surface area contributed by atoms with Gasteiger partial charge in [-0.2, -0.15) is 0 Å². The van der Waals surface area contributed by atoms with E-state index in [9.17, 15) is 0 Å². The summed E-state index contributed by atoms with van der Waals surface area (Å²) in [7, 11) is 0. The largest absolute Gasteiger partial charge is 0.362 e. The van der Waals surface area contributed by atoms with Crippen molar-refractivity contribution in [3.63, 3.8) is 0 Å². The van der Waals surface area contributed by atoms with Crippen molar-refractivity contribution in [2.75, 3.05) is 12.3 Å². The Balaban J connectivity index is 1.55. The van der Waals surface area contributed by atoms with Gasteiger partial charge in [-0.25, -0.2) is 0 Å². The summed E-state index contributed by atoms with van der Waals surface area (Å²) in [4.78, 5) is 4.85. The second-order valence-corrected chi connectivity index (χ2v) is 6.73. The Morgan fingerprint density at radius 1 is 1.38 bits per heavy atom. The first-order chi connectivity index (χ1) is 7.82. The van der Waals surface area contributed by atoms with Gasteiger partial charge in [-0.05, 0) is 49.9 Å². The van der Waals surface area contributed by atoms with Crippen LogP contribution in [-0.4, -0.2) is 23.5 Å². The molecule has 1 heterocycles. The van der Waals surface area contributed by atoms with E-state index in [-0.39, 0.29) is 0 Å². The van der Waals surface area contributed by atoms with Crippen molar-refractivity contribution >= 4 is 16.9 Å². The van der Waals surface area contributed by atoms with Gasteiger partial charge in [0.05, 0.1) is 0 Å². The summed E-state index contributed by atoms with van der Waals surface area (Å²) in [5.74, 6) is 2.29. The molecule has 2 saturated carbocycles. The van der Waals surface area contributed by atoms with Crippen molar-refractivity contribution in [2.45, 2.75) is 51.5 Å². The zero-order valence-corrected chi connectivity index (χ0v) is 11.0. The van der Waals surface area contributed by atoms with Crippen LogP contribution in [0.1, 0.15) is 45.4 Å². The molecular formula is C13H22N2S. The maximum atomic E-state index is 4.85. The average Bonchev–Trinajstić information content (AvgIpc) is 3.17. The Bertz CT molecular complexity index is 292. The summed E-state index contributed by atoms with van der Waals surface area (Å²) in [5, 5.41) is 4.80. The Kier molecular flexibility index (Phi) is 2.90. The van der Waals surface area contributed by atoms with Gasteiger partial charge in [0.1, 0.15) is 0 Å². The summed E-state index contributed by atoms with van der Waals surface area (Å²) in [6.45, 7) is 3.36. The van der Waals surface area contributed by atoms with Crippen molar-refractivity contribution in [2.24, 2.45) is 16.3 Å². The van der Waals surface area contributed by atoms with Crippen LogP contribution in [-0.2, 0) is 0 Å². The standard InChI is InChI=1S/C13H22N2S/c1-2-11-5-8-16-12(15-11)14-9-13(6-7-13)10-3-4-10/h10-11H,2-9H2,1H3,(H,14,15). The number of rotatable bonds is 4. The van der Waals surface area contributed by atoms with E-state index in [1.807, 2.05) is 11.8 Å².